The third kappa shape index (κ3) is 4.01. The van der Waals surface area contributed by atoms with Crippen LogP contribution in [-0.4, -0.2) is 20.2 Å². The molecule has 0 aliphatic carbocycles. The average Bonchev–Trinajstić information content (AvgIpc) is 3.15. The molecule has 4 rings (SSSR count). The molecule has 0 bridgehead atoms. The van der Waals surface area contributed by atoms with Gasteiger partial charge in [-0.25, -0.2) is 13.4 Å². The monoisotopic (exact) mass is 397 g/mol. The maximum Gasteiger partial charge on any atom is 0.262 e. The molecule has 1 aliphatic rings. The number of aromatic nitrogens is 1. The summed E-state index contributed by atoms with van der Waals surface area (Å²) < 4.78 is 38.1. The van der Waals surface area contributed by atoms with Crippen LogP contribution in [0.2, 0.25) is 0 Å². The van der Waals surface area contributed by atoms with Crippen LogP contribution in [-0.2, 0) is 16.6 Å². The molecule has 7 nitrogen and oxygen atoms in total. The van der Waals surface area contributed by atoms with Crippen LogP contribution in [0, 0.1) is 6.92 Å². The molecule has 2 N–H and O–H groups in total. The molecular weight excluding hydrogens is 378 g/mol. The van der Waals surface area contributed by atoms with Gasteiger partial charge in [0.15, 0.2) is 11.5 Å². The van der Waals surface area contributed by atoms with Crippen molar-refractivity contribution >= 4 is 21.5 Å². The van der Waals surface area contributed by atoms with Gasteiger partial charge in [-0.15, -0.1) is 0 Å². The van der Waals surface area contributed by atoms with Crippen LogP contribution in [0.3, 0.4) is 0 Å². The molecule has 3 aromatic rings. The molecule has 8 heteroatoms. The van der Waals surface area contributed by atoms with E-state index in [9.17, 15) is 8.42 Å². The second-order valence-electron chi connectivity index (χ2n) is 6.40. The smallest absolute Gasteiger partial charge is 0.262 e. The number of rotatable bonds is 6. The van der Waals surface area contributed by atoms with Crippen molar-refractivity contribution in [3.63, 3.8) is 0 Å². The predicted molar refractivity (Wildman–Crippen MR) is 106 cm³/mol. The highest BCUT2D eigenvalue weighted by Crippen LogP contribution is 2.34. The second-order valence-corrected chi connectivity index (χ2v) is 8.08. The van der Waals surface area contributed by atoms with Crippen LogP contribution in [0.1, 0.15) is 11.1 Å². The normalized spacial score (nSPS) is 12.6. The van der Waals surface area contributed by atoms with Crippen LogP contribution in [0.15, 0.2) is 65.7 Å². The van der Waals surface area contributed by atoms with E-state index in [2.05, 4.69) is 21.1 Å². The standard InChI is InChI=1S/C20H19N3O4S/c1-14-3-2-4-15(9-14)11-21-20-8-5-16(12-22-20)23-28(24,25)17-6-7-18-19(10-17)27-13-26-18/h2-10,12,23H,11,13H2,1H3,(H,21,22). The third-order valence-electron chi connectivity index (χ3n) is 4.23. The molecule has 0 unspecified atom stereocenters. The van der Waals surface area contributed by atoms with Crippen molar-refractivity contribution in [2.75, 3.05) is 16.8 Å². The van der Waals surface area contributed by atoms with Gasteiger partial charge in [-0.2, -0.15) is 0 Å². The number of sulfonamides is 1. The summed E-state index contributed by atoms with van der Waals surface area (Å²) in [5.41, 5.74) is 2.72. The lowest BCUT2D eigenvalue weighted by molar-refractivity contribution is 0.174. The number of nitrogens with zero attached hydrogens (tertiary/aromatic N) is 1. The zero-order valence-electron chi connectivity index (χ0n) is 15.2. The van der Waals surface area contributed by atoms with Gasteiger partial charge in [-0.3, -0.25) is 4.72 Å². The topological polar surface area (TPSA) is 89.5 Å². The molecular formula is C20H19N3O4S. The highest BCUT2D eigenvalue weighted by Gasteiger charge is 2.20. The Balaban J connectivity index is 1.42. The zero-order chi connectivity index (χ0) is 19.6. The first kappa shape index (κ1) is 18.1. The van der Waals surface area contributed by atoms with E-state index < -0.39 is 10.0 Å². The van der Waals surface area contributed by atoms with Crippen LogP contribution in [0.25, 0.3) is 0 Å². The number of ether oxygens (including phenoxy) is 2. The van der Waals surface area contributed by atoms with Crippen molar-refractivity contribution in [3.05, 3.63) is 71.9 Å². The minimum absolute atomic E-state index is 0.0905. The number of anilines is 2. The Bertz CT molecular complexity index is 1100. The van der Waals surface area contributed by atoms with Crippen molar-refractivity contribution in [3.8, 4) is 11.5 Å². The molecule has 144 valence electrons. The number of pyridine rings is 1. The summed E-state index contributed by atoms with van der Waals surface area (Å²) in [5.74, 6) is 1.61. The van der Waals surface area contributed by atoms with Crippen LogP contribution in [0.5, 0.6) is 11.5 Å². The van der Waals surface area contributed by atoms with Crippen molar-refractivity contribution in [1.29, 1.82) is 0 Å². The first-order valence-electron chi connectivity index (χ1n) is 8.67. The minimum atomic E-state index is -3.75. The fraction of sp³-hybridized carbons (Fsp3) is 0.150. The van der Waals surface area contributed by atoms with Gasteiger partial charge < -0.3 is 14.8 Å². The number of hydrogen-bond donors (Lipinski definition) is 2. The molecule has 0 spiro atoms. The maximum atomic E-state index is 12.6. The van der Waals surface area contributed by atoms with Crippen LogP contribution < -0.4 is 19.5 Å². The second kappa shape index (κ2) is 7.40. The summed E-state index contributed by atoms with van der Waals surface area (Å²) in [7, 11) is -3.75. The number of nitrogens with one attached hydrogen (secondary N) is 2. The quantitative estimate of drug-likeness (QED) is 0.661. The van der Waals surface area contributed by atoms with Gasteiger partial charge >= 0.3 is 0 Å². The van der Waals surface area contributed by atoms with Crippen LogP contribution >= 0.6 is 0 Å². The van der Waals surface area contributed by atoms with Gasteiger partial charge in [-0.05, 0) is 36.8 Å². The van der Waals surface area contributed by atoms with E-state index >= 15 is 0 Å². The molecule has 0 saturated carbocycles. The van der Waals surface area contributed by atoms with E-state index in [0.29, 0.717) is 29.5 Å². The molecule has 2 aromatic carbocycles. The summed E-state index contributed by atoms with van der Waals surface area (Å²) >= 11 is 0. The van der Waals surface area contributed by atoms with E-state index in [1.54, 1.807) is 18.2 Å². The van der Waals surface area contributed by atoms with Gasteiger partial charge in [0.25, 0.3) is 10.0 Å². The zero-order valence-corrected chi connectivity index (χ0v) is 16.0. The highest BCUT2D eigenvalue weighted by atomic mass is 32.2. The lowest BCUT2D eigenvalue weighted by Crippen LogP contribution is -2.13. The maximum absolute atomic E-state index is 12.6. The van der Waals surface area contributed by atoms with Gasteiger partial charge in [0.05, 0.1) is 16.8 Å². The molecule has 1 aliphatic heterocycles. The Morgan fingerprint density at radius 1 is 1.04 bits per heavy atom. The van der Waals surface area contributed by atoms with E-state index in [-0.39, 0.29) is 11.7 Å². The van der Waals surface area contributed by atoms with E-state index in [1.165, 1.54) is 23.9 Å². The van der Waals surface area contributed by atoms with Crippen molar-refractivity contribution < 1.29 is 17.9 Å². The van der Waals surface area contributed by atoms with Crippen molar-refractivity contribution in [2.45, 2.75) is 18.4 Å². The number of hydrogen-bond acceptors (Lipinski definition) is 6. The lowest BCUT2D eigenvalue weighted by atomic mass is 10.1. The van der Waals surface area contributed by atoms with Gasteiger partial charge in [0.1, 0.15) is 5.82 Å². The molecule has 0 radical (unpaired) electrons. The Labute approximate surface area is 163 Å². The molecule has 1 aromatic heterocycles. The number of aryl methyl sites for hydroxylation is 1. The summed E-state index contributed by atoms with van der Waals surface area (Å²) in [4.78, 5) is 4.36. The van der Waals surface area contributed by atoms with Gasteiger partial charge in [-0.1, -0.05) is 29.8 Å². The van der Waals surface area contributed by atoms with E-state index in [4.69, 9.17) is 9.47 Å². The third-order valence-corrected chi connectivity index (χ3v) is 5.61. The fourth-order valence-electron chi connectivity index (χ4n) is 2.83. The van der Waals surface area contributed by atoms with Gasteiger partial charge in [0, 0.05) is 12.6 Å². The highest BCUT2D eigenvalue weighted by molar-refractivity contribution is 7.92. The molecule has 2 heterocycles. The predicted octanol–water partition coefficient (Wildman–Crippen LogP) is 3.53. The largest absolute Gasteiger partial charge is 0.454 e. The molecule has 0 saturated heterocycles. The SMILES string of the molecule is Cc1cccc(CNc2ccc(NS(=O)(=O)c3ccc4c(c3)OCO4)cn2)c1. The Kier molecular flexibility index (Phi) is 4.79. The summed E-state index contributed by atoms with van der Waals surface area (Å²) in [5, 5.41) is 3.22. The van der Waals surface area contributed by atoms with Crippen molar-refractivity contribution in [1.82, 2.24) is 4.98 Å². The molecule has 0 fully saturated rings. The Hall–Kier alpha value is -3.26. The van der Waals surface area contributed by atoms with Crippen molar-refractivity contribution in [2.24, 2.45) is 0 Å². The number of benzene rings is 2. The number of fused-ring (bicyclic) bond motifs is 1. The summed E-state index contributed by atoms with van der Waals surface area (Å²) in [6.45, 7) is 2.77. The van der Waals surface area contributed by atoms with E-state index in [0.717, 1.165) is 5.56 Å². The molecule has 28 heavy (non-hydrogen) atoms. The lowest BCUT2D eigenvalue weighted by Gasteiger charge is -2.10. The summed E-state index contributed by atoms with van der Waals surface area (Å²) in [6.07, 6.45) is 1.48. The Morgan fingerprint density at radius 3 is 2.68 bits per heavy atom. The molecule has 0 atom stereocenters. The Morgan fingerprint density at radius 2 is 1.89 bits per heavy atom. The van der Waals surface area contributed by atoms with E-state index in [1.807, 2.05) is 25.1 Å². The minimum Gasteiger partial charge on any atom is -0.454 e. The summed E-state index contributed by atoms with van der Waals surface area (Å²) in [6, 6.07) is 16.1. The molecule has 0 amide bonds. The first-order valence-corrected chi connectivity index (χ1v) is 10.2. The average molecular weight is 397 g/mol. The van der Waals surface area contributed by atoms with Gasteiger partial charge in [0.2, 0.25) is 6.79 Å². The van der Waals surface area contributed by atoms with Crippen LogP contribution in [0.4, 0.5) is 11.5 Å². The fourth-order valence-corrected chi connectivity index (χ4v) is 3.89. The first-order chi connectivity index (χ1) is 13.5.